The van der Waals surface area contributed by atoms with Crippen LogP contribution in [-0.2, 0) is 0 Å². The lowest BCUT2D eigenvalue weighted by molar-refractivity contribution is 0.0631. The van der Waals surface area contributed by atoms with Crippen molar-refractivity contribution in [2.45, 2.75) is 39.5 Å². The number of likely N-dealkylation sites (tertiary alicyclic amines) is 2. The number of carbonyl (C=O) groups is 2. The molecule has 2 saturated heterocycles. The molecule has 0 bridgehead atoms. The molecule has 5 heteroatoms. The molecule has 31 heavy (non-hydrogen) atoms. The fraction of sp³-hybridized carbons (Fsp3) is 0.462. The molecule has 0 saturated carbocycles. The molecule has 0 spiro atoms. The van der Waals surface area contributed by atoms with Gasteiger partial charge in [0.1, 0.15) is 5.75 Å². The molecule has 0 unspecified atom stereocenters. The van der Waals surface area contributed by atoms with Crippen molar-refractivity contribution in [3.63, 3.8) is 0 Å². The molecule has 5 nitrogen and oxygen atoms in total. The van der Waals surface area contributed by atoms with Crippen molar-refractivity contribution in [3.8, 4) is 5.75 Å². The molecule has 2 aromatic rings. The Hall–Kier alpha value is -2.82. The van der Waals surface area contributed by atoms with Crippen LogP contribution in [0.5, 0.6) is 5.75 Å². The number of nitrogens with zero attached hydrogens (tertiary/aromatic N) is 2. The zero-order valence-corrected chi connectivity index (χ0v) is 18.6. The Morgan fingerprint density at radius 2 is 1.71 bits per heavy atom. The summed E-state index contributed by atoms with van der Waals surface area (Å²) in [6.45, 7) is 7.75. The Bertz CT molecular complexity index is 949. The van der Waals surface area contributed by atoms with E-state index in [1.165, 1.54) is 0 Å². The minimum Gasteiger partial charge on any atom is -0.493 e. The molecule has 0 aliphatic carbocycles. The maximum absolute atomic E-state index is 13.1. The van der Waals surface area contributed by atoms with E-state index in [0.717, 1.165) is 67.8 Å². The van der Waals surface area contributed by atoms with Gasteiger partial charge in [-0.1, -0.05) is 23.8 Å². The molecule has 2 aromatic carbocycles. The summed E-state index contributed by atoms with van der Waals surface area (Å²) in [6, 6.07) is 13.5. The fourth-order valence-electron chi connectivity index (χ4n) is 4.56. The molecule has 2 fully saturated rings. The Morgan fingerprint density at radius 3 is 2.52 bits per heavy atom. The largest absolute Gasteiger partial charge is 0.493 e. The van der Waals surface area contributed by atoms with Gasteiger partial charge in [-0.15, -0.1) is 0 Å². The monoisotopic (exact) mass is 420 g/mol. The van der Waals surface area contributed by atoms with Crippen LogP contribution in [0.15, 0.2) is 42.5 Å². The van der Waals surface area contributed by atoms with Gasteiger partial charge in [-0.2, -0.15) is 0 Å². The van der Waals surface area contributed by atoms with Gasteiger partial charge in [-0.05, 0) is 69.4 Å². The fourth-order valence-corrected chi connectivity index (χ4v) is 4.56. The van der Waals surface area contributed by atoms with E-state index in [1.54, 1.807) is 0 Å². The van der Waals surface area contributed by atoms with E-state index in [2.05, 4.69) is 0 Å². The third-order valence-electron chi connectivity index (χ3n) is 6.39. The van der Waals surface area contributed by atoms with Gasteiger partial charge in [-0.25, -0.2) is 0 Å². The number of amides is 2. The summed E-state index contributed by atoms with van der Waals surface area (Å²) in [5.74, 6) is 1.22. The molecule has 2 amide bonds. The predicted octanol–water partition coefficient (Wildman–Crippen LogP) is 4.47. The summed E-state index contributed by atoms with van der Waals surface area (Å²) in [7, 11) is 0. The molecule has 0 N–H and O–H groups in total. The van der Waals surface area contributed by atoms with Crippen molar-refractivity contribution >= 4 is 11.8 Å². The molecule has 2 heterocycles. The van der Waals surface area contributed by atoms with Crippen LogP contribution in [0.2, 0.25) is 0 Å². The predicted molar refractivity (Wildman–Crippen MR) is 122 cm³/mol. The first-order valence-electron chi connectivity index (χ1n) is 11.4. The van der Waals surface area contributed by atoms with Gasteiger partial charge in [0.05, 0.1) is 6.61 Å². The highest BCUT2D eigenvalue weighted by Gasteiger charge is 2.26. The van der Waals surface area contributed by atoms with Gasteiger partial charge in [0.25, 0.3) is 11.8 Å². The van der Waals surface area contributed by atoms with Crippen LogP contribution in [-0.4, -0.2) is 54.4 Å². The van der Waals surface area contributed by atoms with Crippen molar-refractivity contribution in [1.82, 2.24) is 9.80 Å². The first-order valence-corrected chi connectivity index (χ1v) is 11.4. The van der Waals surface area contributed by atoms with Crippen LogP contribution in [0.25, 0.3) is 0 Å². The van der Waals surface area contributed by atoms with Gasteiger partial charge in [0.2, 0.25) is 0 Å². The Labute approximate surface area is 185 Å². The van der Waals surface area contributed by atoms with Gasteiger partial charge in [0.15, 0.2) is 0 Å². The number of hydrogen-bond acceptors (Lipinski definition) is 3. The maximum atomic E-state index is 13.1. The minimum atomic E-state index is 0.0888. The van der Waals surface area contributed by atoms with Gasteiger partial charge in [0, 0.05) is 43.2 Å². The van der Waals surface area contributed by atoms with E-state index in [9.17, 15) is 9.59 Å². The third-order valence-corrected chi connectivity index (χ3v) is 6.39. The van der Waals surface area contributed by atoms with Gasteiger partial charge < -0.3 is 14.5 Å². The lowest BCUT2D eigenvalue weighted by Gasteiger charge is -2.33. The Morgan fingerprint density at radius 1 is 0.935 bits per heavy atom. The first-order chi connectivity index (χ1) is 15.0. The van der Waals surface area contributed by atoms with E-state index in [0.29, 0.717) is 24.6 Å². The minimum absolute atomic E-state index is 0.0888. The second kappa shape index (κ2) is 9.54. The number of rotatable bonds is 5. The molecular weight excluding hydrogens is 388 g/mol. The maximum Gasteiger partial charge on any atom is 0.254 e. The highest BCUT2D eigenvalue weighted by atomic mass is 16.5. The van der Waals surface area contributed by atoms with Crippen LogP contribution in [0.1, 0.15) is 57.5 Å². The van der Waals surface area contributed by atoms with Crippen LogP contribution in [0, 0.1) is 19.8 Å². The molecule has 0 aromatic heterocycles. The number of hydrogen-bond donors (Lipinski definition) is 0. The summed E-state index contributed by atoms with van der Waals surface area (Å²) in [5.41, 5.74) is 3.62. The number of benzene rings is 2. The summed E-state index contributed by atoms with van der Waals surface area (Å²) in [4.78, 5) is 29.6. The third kappa shape index (κ3) is 5.09. The van der Waals surface area contributed by atoms with Crippen molar-refractivity contribution in [2.24, 2.45) is 5.92 Å². The van der Waals surface area contributed by atoms with Gasteiger partial charge >= 0.3 is 0 Å². The lowest BCUT2D eigenvalue weighted by atomic mass is 9.97. The van der Waals surface area contributed by atoms with Crippen LogP contribution < -0.4 is 4.74 Å². The smallest absolute Gasteiger partial charge is 0.254 e. The van der Waals surface area contributed by atoms with Crippen LogP contribution >= 0.6 is 0 Å². The zero-order valence-electron chi connectivity index (χ0n) is 18.6. The van der Waals surface area contributed by atoms with Crippen LogP contribution in [0.3, 0.4) is 0 Å². The molecular formula is C26H32N2O3. The topological polar surface area (TPSA) is 49.9 Å². The first kappa shape index (κ1) is 21.4. The second-order valence-corrected chi connectivity index (χ2v) is 8.92. The van der Waals surface area contributed by atoms with Crippen molar-refractivity contribution in [1.29, 1.82) is 0 Å². The van der Waals surface area contributed by atoms with E-state index in [4.69, 9.17) is 4.74 Å². The summed E-state index contributed by atoms with van der Waals surface area (Å²) >= 11 is 0. The summed E-state index contributed by atoms with van der Waals surface area (Å²) in [6.07, 6.45) is 4.20. The summed E-state index contributed by atoms with van der Waals surface area (Å²) < 4.78 is 6.07. The normalized spacial score (nSPS) is 18.8. The average Bonchev–Trinajstić information content (AvgIpc) is 3.34. The van der Waals surface area contributed by atoms with Crippen LogP contribution in [0.4, 0.5) is 0 Å². The Kier molecular flexibility index (Phi) is 6.59. The van der Waals surface area contributed by atoms with Crippen molar-refractivity contribution in [2.75, 3.05) is 32.8 Å². The van der Waals surface area contributed by atoms with E-state index < -0.39 is 0 Å². The molecule has 2 aliphatic rings. The van der Waals surface area contributed by atoms with E-state index in [1.807, 2.05) is 66.1 Å². The van der Waals surface area contributed by atoms with Crippen molar-refractivity contribution < 1.29 is 14.3 Å². The molecule has 0 radical (unpaired) electrons. The summed E-state index contributed by atoms with van der Waals surface area (Å²) in [5, 5.41) is 0. The standard InChI is InChI=1S/C26H32N2O3/c1-19-10-11-20(2)24(15-19)26(30)28-14-6-7-21(17-28)18-31-23-9-5-8-22(16-23)25(29)27-12-3-4-13-27/h5,8-11,15-16,21H,3-4,6-7,12-14,17-18H2,1-2H3/t21-/m1/s1. The van der Waals surface area contributed by atoms with E-state index in [-0.39, 0.29) is 11.8 Å². The highest BCUT2D eigenvalue weighted by molar-refractivity contribution is 5.96. The molecule has 1 atom stereocenters. The SMILES string of the molecule is Cc1ccc(C)c(C(=O)N2CCC[C@@H](COc3cccc(C(=O)N4CCCC4)c3)C2)c1. The average molecular weight is 421 g/mol. The number of carbonyl (C=O) groups excluding carboxylic acids is 2. The number of aryl methyl sites for hydroxylation is 2. The van der Waals surface area contributed by atoms with E-state index >= 15 is 0 Å². The Balaban J connectivity index is 1.36. The number of piperidine rings is 1. The molecule has 4 rings (SSSR count). The second-order valence-electron chi connectivity index (χ2n) is 8.92. The zero-order chi connectivity index (χ0) is 21.8. The molecule has 2 aliphatic heterocycles. The highest BCUT2D eigenvalue weighted by Crippen LogP contribution is 2.23. The quantitative estimate of drug-likeness (QED) is 0.717. The van der Waals surface area contributed by atoms with Gasteiger partial charge in [-0.3, -0.25) is 9.59 Å². The lowest BCUT2D eigenvalue weighted by Crippen LogP contribution is -2.41. The number of ether oxygens (including phenoxy) is 1. The van der Waals surface area contributed by atoms with Crippen molar-refractivity contribution in [3.05, 3.63) is 64.7 Å². The molecule has 164 valence electrons.